The van der Waals surface area contributed by atoms with Gasteiger partial charge < -0.3 is 4.42 Å². The second kappa shape index (κ2) is 4.64. The van der Waals surface area contributed by atoms with Gasteiger partial charge in [0.25, 0.3) is 0 Å². The molecule has 0 atom stereocenters. The first-order valence-electron chi connectivity index (χ1n) is 7.04. The van der Waals surface area contributed by atoms with E-state index in [1.165, 1.54) is 23.1 Å². The van der Waals surface area contributed by atoms with Gasteiger partial charge in [0.15, 0.2) is 5.76 Å². The van der Waals surface area contributed by atoms with Crippen LogP contribution in [0.1, 0.15) is 17.5 Å². The van der Waals surface area contributed by atoms with Crippen molar-refractivity contribution in [3.63, 3.8) is 0 Å². The van der Waals surface area contributed by atoms with Gasteiger partial charge in [0.05, 0.1) is 12.0 Å². The van der Waals surface area contributed by atoms with Crippen molar-refractivity contribution in [3.8, 4) is 22.7 Å². The second-order valence-corrected chi connectivity index (χ2v) is 5.19. The average molecular weight is 261 g/mol. The second-order valence-electron chi connectivity index (χ2n) is 5.19. The number of pyridine rings is 1. The summed E-state index contributed by atoms with van der Waals surface area (Å²) in [6.07, 6.45) is 5.20. The molecule has 0 radical (unpaired) electrons. The normalized spacial score (nSPS) is 13.4. The number of fused-ring (bicyclic) bond motifs is 1. The molecule has 1 aliphatic carbocycles. The van der Waals surface area contributed by atoms with E-state index in [0.29, 0.717) is 0 Å². The number of benzene rings is 1. The Hall–Kier alpha value is -2.35. The van der Waals surface area contributed by atoms with Crippen molar-refractivity contribution in [2.45, 2.75) is 19.3 Å². The summed E-state index contributed by atoms with van der Waals surface area (Å²) in [5, 5.41) is 0. The van der Waals surface area contributed by atoms with Gasteiger partial charge in [0.1, 0.15) is 5.69 Å². The molecule has 0 aliphatic heterocycles. The predicted molar refractivity (Wildman–Crippen MR) is 79.4 cm³/mol. The molecule has 4 rings (SSSR count). The topological polar surface area (TPSA) is 26.0 Å². The summed E-state index contributed by atoms with van der Waals surface area (Å²) < 4.78 is 5.51. The van der Waals surface area contributed by atoms with E-state index in [2.05, 4.69) is 30.3 Å². The highest BCUT2D eigenvalue weighted by Crippen LogP contribution is 2.34. The molecule has 2 heteroatoms. The molecule has 0 saturated carbocycles. The highest BCUT2D eigenvalue weighted by Gasteiger charge is 2.19. The van der Waals surface area contributed by atoms with Gasteiger partial charge in [-0.1, -0.05) is 30.3 Å². The lowest BCUT2D eigenvalue weighted by Gasteiger charge is -2.10. The van der Waals surface area contributed by atoms with Gasteiger partial charge in [0, 0.05) is 5.56 Å². The molecule has 0 spiro atoms. The first kappa shape index (κ1) is 11.5. The van der Waals surface area contributed by atoms with E-state index in [4.69, 9.17) is 9.40 Å². The Bertz CT molecular complexity index is 730. The first-order chi connectivity index (χ1) is 9.92. The van der Waals surface area contributed by atoms with Crippen LogP contribution in [0.25, 0.3) is 22.7 Å². The Balaban J connectivity index is 1.94. The molecule has 0 bridgehead atoms. The molecule has 1 aromatic carbocycles. The van der Waals surface area contributed by atoms with Crippen LogP contribution in [-0.4, -0.2) is 4.98 Å². The summed E-state index contributed by atoms with van der Waals surface area (Å²) in [5.41, 5.74) is 6.08. The summed E-state index contributed by atoms with van der Waals surface area (Å²) >= 11 is 0. The fourth-order valence-corrected chi connectivity index (χ4v) is 2.97. The zero-order valence-corrected chi connectivity index (χ0v) is 11.2. The molecular formula is C18H15NO. The zero-order valence-electron chi connectivity index (χ0n) is 11.2. The van der Waals surface area contributed by atoms with Crippen LogP contribution in [0, 0.1) is 0 Å². The Morgan fingerprint density at radius 3 is 2.65 bits per heavy atom. The molecule has 0 fully saturated rings. The standard InChI is InChI=1S/C18H15NO/c1-2-6-13(7-3-1)18-15-9-4-8-14(15)12-16(19-18)17-10-5-11-20-17/h1-3,5-7,10-12H,4,8-9H2. The Morgan fingerprint density at radius 2 is 1.85 bits per heavy atom. The molecule has 1 aliphatic rings. The molecule has 0 amide bonds. The van der Waals surface area contributed by atoms with Gasteiger partial charge in [-0.05, 0) is 48.6 Å². The van der Waals surface area contributed by atoms with Crippen LogP contribution in [0.4, 0.5) is 0 Å². The third-order valence-corrected chi connectivity index (χ3v) is 3.91. The molecule has 2 nitrogen and oxygen atoms in total. The number of furan rings is 1. The van der Waals surface area contributed by atoms with Gasteiger partial charge in [-0.2, -0.15) is 0 Å². The molecular weight excluding hydrogens is 246 g/mol. The summed E-state index contributed by atoms with van der Waals surface area (Å²) in [6.45, 7) is 0. The fraction of sp³-hybridized carbons (Fsp3) is 0.167. The zero-order chi connectivity index (χ0) is 13.4. The first-order valence-corrected chi connectivity index (χ1v) is 7.04. The van der Waals surface area contributed by atoms with Gasteiger partial charge >= 0.3 is 0 Å². The van der Waals surface area contributed by atoms with E-state index in [0.717, 1.165) is 30.0 Å². The van der Waals surface area contributed by atoms with Crippen LogP contribution in [-0.2, 0) is 12.8 Å². The average Bonchev–Trinajstić information content (AvgIpc) is 3.18. The summed E-state index contributed by atoms with van der Waals surface area (Å²) in [5.74, 6) is 0.844. The summed E-state index contributed by atoms with van der Waals surface area (Å²) in [6, 6.07) is 16.5. The smallest absolute Gasteiger partial charge is 0.152 e. The van der Waals surface area contributed by atoms with Gasteiger partial charge in [-0.25, -0.2) is 4.98 Å². The van der Waals surface area contributed by atoms with E-state index in [1.54, 1.807) is 6.26 Å². The Labute approximate surface area is 118 Å². The number of aromatic nitrogens is 1. The van der Waals surface area contributed by atoms with Crippen LogP contribution in [0.5, 0.6) is 0 Å². The quantitative estimate of drug-likeness (QED) is 0.679. The minimum Gasteiger partial charge on any atom is -0.463 e. The third-order valence-electron chi connectivity index (χ3n) is 3.91. The number of aryl methyl sites for hydroxylation is 1. The van der Waals surface area contributed by atoms with Crippen LogP contribution >= 0.6 is 0 Å². The van der Waals surface area contributed by atoms with Gasteiger partial charge in [0.2, 0.25) is 0 Å². The summed E-state index contributed by atoms with van der Waals surface area (Å²) in [4.78, 5) is 4.86. The van der Waals surface area contributed by atoms with Crippen molar-refractivity contribution in [1.82, 2.24) is 4.98 Å². The molecule has 20 heavy (non-hydrogen) atoms. The van der Waals surface area contributed by atoms with Gasteiger partial charge in [-0.15, -0.1) is 0 Å². The predicted octanol–water partition coefficient (Wildman–Crippen LogP) is 4.50. The fourth-order valence-electron chi connectivity index (χ4n) is 2.97. The lowest BCUT2D eigenvalue weighted by atomic mass is 10.0. The minimum atomic E-state index is 0.844. The molecule has 0 unspecified atom stereocenters. The van der Waals surface area contributed by atoms with Crippen molar-refractivity contribution in [3.05, 3.63) is 65.9 Å². The number of hydrogen-bond donors (Lipinski definition) is 0. The van der Waals surface area contributed by atoms with Crippen molar-refractivity contribution in [1.29, 1.82) is 0 Å². The van der Waals surface area contributed by atoms with Crippen LogP contribution < -0.4 is 0 Å². The number of nitrogens with zero attached hydrogens (tertiary/aromatic N) is 1. The van der Waals surface area contributed by atoms with Crippen molar-refractivity contribution < 1.29 is 4.42 Å². The molecule has 0 N–H and O–H groups in total. The Kier molecular flexibility index (Phi) is 2.66. The SMILES string of the molecule is c1ccc(-c2nc(-c3ccco3)cc3c2CCC3)cc1. The van der Waals surface area contributed by atoms with Crippen LogP contribution in [0.2, 0.25) is 0 Å². The summed E-state index contributed by atoms with van der Waals surface area (Å²) in [7, 11) is 0. The maximum absolute atomic E-state index is 5.51. The number of rotatable bonds is 2. The van der Waals surface area contributed by atoms with Crippen molar-refractivity contribution in [2.75, 3.05) is 0 Å². The molecule has 98 valence electrons. The Morgan fingerprint density at radius 1 is 0.950 bits per heavy atom. The third kappa shape index (κ3) is 1.85. The van der Waals surface area contributed by atoms with E-state index in [1.807, 2.05) is 18.2 Å². The van der Waals surface area contributed by atoms with E-state index >= 15 is 0 Å². The highest BCUT2D eigenvalue weighted by molar-refractivity contribution is 5.69. The lowest BCUT2D eigenvalue weighted by Crippen LogP contribution is -1.95. The largest absolute Gasteiger partial charge is 0.463 e. The number of hydrogen-bond acceptors (Lipinski definition) is 2. The molecule has 0 saturated heterocycles. The molecule has 2 heterocycles. The van der Waals surface area contributed by atoms with Crippen LogP contribution in [0.3, 0.4) is 0 Å². The maximum Gasteiger partial charge on any atom is 0.152 e. The van der Waals surface area contributed by atoms with Gasteiger partial charge in [-0.3, -0.25) is 0 Å². The lowest BCUT2D eigenvalue weighted by molar-refractivity contribution is 0.580. The van der Waals surface area contributed by atoms with Crippen LogP contribution in [0.15, 0.2) is 59.2 Å². The molecule has 3 aromatic rings. The van der Waals surface area contributed by atoms with Crippen molar-refractivity contribution in [2.24, 2.45) is 0 Å². The maximum atomic E-state index is 5.51. The van der Waals surface area contributed by atoms with E-state index in [-0.39, 0.29) is 0 Å². The van der Waals surface area contributed by atoms with E-state index < -0.39 is 0 Å². The van der Waals surface area contributed by atoms with E-state index in [9.17, 15) is 0 Å². The minimum absolute atomic E-state index is 0.844. The van der Waals surface area contributed by atoms with Crippen molar-refractivity contribution >= 4 is 0 Å². The molecule has 2 aromatic heterocycles. The highest BCUT2D eigenvalue weighted by atomic mass is 16.3. The monoisotopic (exact) mass is 261 g/mol.